The number of nitrogens with one attached hydrogen (secondary N) is 1. The molecule has 0 saturated carbocycles. The molecule has 138 valence electrons. The molecule has 3 rings (SSSR count). The summed E-state index contributed by atoms with van der Waals surface area (Å²) in [5.74, 6) is 0. The predicted molar refractivity (Wildman–Crippen MR) is 85.0 cm³/mol. The van der Waals surface area contributed by atoms with Crippen LogP contribution in [0.1, 0.15) is 20.1 Å². The minimum Gasteiger partial charge on any atom is -0.386 e. The Morgan fingerprint density at radius 2 is 2.28 bits per heavy atom. The van der Waals surface area contributed by atoms with Crippen molar-refractivity contribution in [3.8, 4) is 0 Å². The molecule has 0 spiro atoms. The van der Waals surface area contributed by atoms with Gasteiger partial charge in [-0.05, 0) is 13.8 Å². The zero-order valence-electron chi connectivity index (χ0n) is 13.7. The number of rotatable bonds is 4. The lowest BCUT2D eigenvalue weighted by Gasteiger charge is -2.38. The van der Waals surface area contributed by atoms with Gasteiger partial charge in [0, 0.05) is 12.3 Å². The van der Waals surface area contributed by atoms with Crippen LogP contribution in [0.25, 0.3) is 0 Å². The first-order valence-corrected chi connectivity index (χ1v) is 9.08. The molecule has 0 bridgehead atoms. The van der Waals surface area contributed by atoms with E-state index in [1.807, 2.05) is 0 Å². The number of aliphatic hydroxyl groups excluding tert-OH is 1. The fourth-order valence-corrected chi connectivity index (χ4v) is 4.43. The maximum absolute atomic E-state index is 12.6. The third-order valence-corrected chi connectivity index (χ3v) is 5.54. The Morgan fingerprint density at radius 1 is 1.56 bits per heavy atom. The van der Waals surface area contributed by atoms with Crippen LogP contribution in [0, 0.1) is 0 Å². The van der Waals surface area contributed by atoms with Crippen molar-refractivity contribution in [2.45, 2.75) is 44.0 Å². The average Bonchev–Trinajstić information content (AvgIpc) is 2.80. The molecule has 0 radical (unpaired) electrons. The molecule has 2 saturated heterocycles. The quantitative estimate of drug-likeness (QED) is 0.569. The molecule has 1 aromatic heterocycles. The Kier molecular flexibility index (Phi) is 4.61. The summed E-state index contributed by atoms with van der Waals surface area (Å²) < 4.78 is 35.2. The Labute approximate surface area is 142 Å². The first-order valence-electron chi connectivity index (χ1n) is 7.62. The molecule has 0 aliphatic carbocycles. The summed E-state index contributed by atoms with van der Waals surface area (Å²) in [6.45, 7) is 6.73. The molecule has 0 amide bonds. The van der Waals surface area contributed by atoms with Crippen LogP contribution in [0.5, 0.6) is 0 Å². The summed E-state index contributed by atoms with van der Waals surface area (Å²) in [5.41, 5.74) is -2.68. The van der Waals surface area contributed by atoms with Gasteiger partial charge in [0.05, 0.1) is 12.7 Å². The number of aromatic nitrogens is 2. The Hall–Kier alpha value is -1.55. The lowest BCUT2D eigenvalue weighted by molar-refractivity contribution is -0.121. The van der Waals surface area contributed by atoms with E-state index in [1.54, 1.807) is 13.8 Å². The number of fused-ring (bicyclic) bond motifs is 1. The zero-order valence-corrected chi connectivity index (χ0v) is 14.5. The summed E-state index contributed by atoms with van der Waals surface area (Å²) >= 11 is 0. The van der Waals surface area contributed by atoms with Gasteiger partial charge in [0.2, 0.25) is 0 Å². The highest BCUT2D eigenvalue weighted by molar-refractivity contribution is 7.48. The molecule has 1 unspecified atom stereocenters. The summed E-state index contributed by atoms with van der Waals surface area (Å²) in [6.07, 6.45) is -1.59. The number of phosphoric acid groups is 1. The molecule has 25 heavy (non-hydrogen) atoms. The van der Waals surface area contributed by atoms with Crippen LogP contribution in [0.2, 0.25) is 0 Å². The summed E-state index contributed by atoms with van der Waals surface area (Å²) in [6, 6.07) is 1.12. The van der Waals surface area contributed by atoms with E-state index in [9.17, 15) is 19.3 Å². The van der Waals surface area contributed by atoms with Gasteiger partial charge in [-0.3, -0.25) is 27.9 Å². The first-order chi connectivity index (χ1) is 11.7. The molecular formula is C14H19N2O8P. The van der Waals surface area contributed by atoms with Crippen LogP contribution < -0.4 is 11.2 Å². The van der Waals surface area contributed by atoms with Gasteiger partial charge < -0.3 is 9.84 Å². The average molecular weight is 374 g/mol. The first kappa shape index (κ1) is 18.2. The second-order valence-corrected chi connectivity index (χ2v) is 7.65. The van der Waals surface area contributed by atoms with Crippen molar-refractivity contribution in [3.05, 3.63) is 45.8 Å². The molecule has 3 heterocycles. The topological polar surface area (TPSA) is 129 Å². The third-order valence-electron chi connectivity index (χ3n) is 3.93. The van der Waals surface area contributed by atoms with Gasteiger partial charge in [-0.15, -0.1) is 6.58 Å². The number of ether oxygens (including phenoxy) is 1. The number of aromatic amines is 1. The number of phosphoric ester groups is 1. The number of aliphatic hydroxyl groups is 1. The van der Waals surface area contributed by atoms with Gasteiger partial charge in [0.25, 0.3) is 5.56 Å². The van der Waals surface area contributed by atoms with Crippen LogP contribution in [0.15, 0.2) is 34.5 Å². The van der Waals surface area contributed by atoms with Crippen molar-refractivity contribution in [2.75, 3.05) is 6.61 Å². The second-order valence-electron chi connectivity index (χ2n) is 6.08. The molecule has 5 atom stereocenters. The van der Waals surface area contributed by atoms with E-state index in [2.05, 4.69) is 11.6 Å². The Morgan fingerprint density at radius 3 is 2.88 bits per heavy atom. The highest BCUT2D eigenvalue weighted by Gasteiger charge is 2.61. The molecule has 0 aromatic carbocycles. The second kappa shape index (κ2) is 6.31. The van der Waals surface area contributed by atoms with Crippen molar-refractivity contribution < 1.29 is 28.0 Å². The minimum absolute atomic E-state index is 0.239. The highest BCUT2D eigenvalue weighted by atomic mass is 31.2. The van der Waals surface area contributed by atoms with Crippen molar-refractivity contribution in [3.63, 3.8) is 0 Å². The van der Waals surface area contributed by atoms with E-state index < -0.39 is 49.2 Å². The number of H-pyrrole nitrogens is 1. The van der Waals surface area contributed by atoms with Crippen LogP contribution >= 0.6 is 7.82 Å². The summed E-state index contributed by atoms with van der Waals surface area (Å²) in [4.78, 5) is 25.3. The normalized spacial score (nSPS) is 37.8. The van der Waals surface area contributed by atoms with Crippen molar-refractivity contribution in [1.82, 2.24) is 9.55 Å². The molecule has 2 fully saturated rings. The number of nitrogens with zero attached hydrogens (tertiary/aromatic N) is 1. The molecular weight excluding hydrogens is 355 g/mol. The van der Waals surface area contributed by atoms with Gasteiger partial charge >= 0.3 is 13.5 Å². The molecule has 2 aliphatic rings. The van der Waals surface area contributed by atoms with Gasteiger partial charge in [-0.1, -0.05) is 6.08 Å². The zero-order chi connectivity index (χ0) is 18.4. The number of hydrogen-bond donors (Lipinski definition) is 2. The van der Waals surface area contributed by atoms with Crippen LogP contribution in [-0.2, 0) is 22.9 Å². The largest absolute Gasteiger partial charge is 0.475 e. The van der Waals surface area contributed by atoms with Crippen LogP contribution in [-0.4, -0.2) is 45.2 Å². The van der Waals surface area contributed by atoms with E-state index in [4.69, 9.17) is 18.3 Å². The lowest BCUT2D eigenvalue weighted by Crippen LogP contribution is -2.49. The maximum Gasteiger partial charge on any atom is 0.475 e. The standard InChI is InChI=1S/C14H19N2O8P/c1-4-14-7-21-25(20,23-8(2)3)24-11(14)10(18)12(22-14)16-6-5-9(17)15-13(16)19/h4-6,8,10-12,18H,1,7H2,2-3H3,(H,15,17,19)/t10-,11+,12-,14-,25?/m1/s1. The Balaban J connectivity index is 1.96. The van der Waals surface area contributed by atoms with Crippen molar-refractivity contribution >= 4 is 7.82 Å². The van der Waals surface area contributed by atoms with Crippen molar-refractivity contribution in [1.29, 1.82) is 0 Å². The van der Waals surface area contributed by atoms with E-state index in [0.717, 1.165) is 10.6 Å². The van der Waals surface area contributed by atoms with Gasteiger partial charge in [-0.25, -0.2) is 9.36 Å². The maximum atomic E-state index is 12.6. The summed E-state index contributed by atoms with van der Waals surface area (Å²) in [7, 11) is -3.90. The van der Waals surface area contributed by atoms with Crippen molar-refractivity contribution in [2.24, 2.45) is 0 Å². The van der Waals surface area contributed by atoms with E-state index in [0.29, 0.717) is 0 Å². The number of hydrogen-bond acceptors (Lipinski definition) is 8. The molecule has 11 heteroatoms. The molecule has 2 N–H and O–H groups in total. The minimum atomic E-state index is -3.90. The van der Waals surface area contributed by atoms with E-state index >= 15 is 0 Å². The SMILES string of the molecule is C=C[C@@]12COP(=O)(OC(C)C)O[C@H]1[C@@H](O)[C@H](n1ccc(=O)[nH]c1=O)O2. The highest BCUT2D eigenvalue weighted by Crippen LogP contribution is 2.60. The Bertz CT molecular complexity index is 833. The van der Waals surface area contributed by atoms with Crippen LogP contribution in [0.3, 0.4) is 0 Å². The van der Waals surface area contributed by atoms with Gasteiger partial charge in [-0.2, -0.15) is 0 Å². The van der Waals surface area contributed by atoms with E-state index in [-0.39, 0.29) is 6.61 Å². The van der Waals surface area contributed by atoms with Gasteiger partial charge in [0.1, 0.15) is 17.8 Å². The monoisotopic (exact) mass is 374 g/mol. The molecule has 10 nitrogen and oxygen atoms in total. The summed E-state index contributed by atoms with van der Waals surface area (Å²) in [5, 5.41) is 10.6. The molecule has 2 aliphatic heterocycles. The predicted octanol–water partition coefficient (Wildman–Crippen LogP) is 0.300. The lowest BCUT2D eigenvalue weighted by atomic mass is 9.96. The smallest absolute Gasteiger partial charge is 0.386 e. The fraction of sp³-hybridized carbons (Fsp3) is 0.571. The molecule has 1 aromatic rings. The van der Waals surface area contributed by atoms with E-state index in [1.165, 1.54) is 12.3 Å². The van der Waals surface area contributed by atoms with Crippen LogP contribution in [0.4, 0.5) is 0 Å². The third kappa shape index (κ3) is 3.17. The fourth-order valence-electron chi connectivity index (χ4n) is 2.80. The van der Waals surface area contributed by atoms with Gasteiger partial charge in [0.15, 0.2) is 6.23 Å².